The molecule has 0 bridgehead atoms. The van der Waals surface area contributed by atoms with Crippen molar-refractivity contribution in [2.75, 3.05) is 23.3 Å². The van der Waals surface area contributed by atoms with Crippen molar-refractivity contribution in [2.45, 2.75) is 19.8 Å². The molecule has 3 heterocycles. The number of benzene rings is 1. The number of hydrogen-bond donors (Lipinski definition) is 2. The van der Waals surface area contributed by atoms with E-state index in [1.165, 1.54) is 16.9 Å². The van der Waals surface area contributed by atoms with Gasteiger partial charge in [0.2, 0.25) is 5.91 Å². The van der Waals surface area contributed by atoms with Gasteiger partial charge in [-0.1, -0.05) is 29.8 Å². The van der Waals surface area contributed by atoms with Crippen LogP contribution in [0.2, 0.25) is 0 Å². The van der Waals surface area contributed by atoms with Gasteiger partial charge in [-0.25, -0.2) is 4.98 Å². The molecule has 154 valence electrons. The summed E-state index contributed by atoms with van der Waals surface area (Å²) in [5.74, 6) is 0.236. The Morgan fingerprint density at radius 2 is 1.97 bits per heavy atom. The molecule has 1 aromatic carbocycles. The van der Waals surface area contributed by atoms with Gasteiger partial charge in [0.1, 0.15) is 5.82 Å². The second-order valence-electron chi connectivity index (χ2n) is 7.58. The fourth-order valence-electron chi connectivity index (χ4n) is 3.70. The van der Waals surface area contributed by atoms with Gasteiger partial charge < -0.3 is 16.0 Å². The number of nitrogens with zero attached hydrogens (tertiary/aromatic N) is 2. The molecular formula is C23H24N4O2S. The number of rotatable bonds is 5. The van der Waals surface area contributed by atoms with Gasteiger partial charge in [0.15, 0.2) is 0 Å². The van der Waals surface area contributed by atoms with Crippen LogP contribution in [0.1, 0.15) is 28.1 Å². The largest absolute Gasteiger partial charge is 0.369 e. The van der Waals surface area contributed by atoms with Gasteiger partial charge >= 0.3 is 0 Å². The number of pyridine rings is 1. The Hall–Kier alpha value is -3.19. The van der Waals surface area contributed by atoms with Crippen molar-refractivity contribution in [1.29, 1.82) is 0 Å². The topological polar surface area (TPSA) is 88.3 Å². The Labute approximate surface area is 179 Å². The minimum atomic E-state index is -0.260. The molecule has 30 heavy (non-hydrogen) atoms. The number of nitrogens with two attached hydrogens (primary N) is 1. The molecule has 1 aliphatic rings. The van der Waals surface area contributed by atoms with Gasteiger partial charge in [-0.3, -0.25) is 9.59 Å². The first-order chi connectivity index (χ1) is 14.5. The summed E-state index contributed by atoms with van der Waals surface area (Å²) in [6, 6.07) is 13.8. The molecule has 1 fully saturated rings. The third kappa shape index (κ3) is 4.36. The molecular weight excluding hydrogens is 396 g/mol. The molecule has 0 aliphatic carbocycles. The van der Waals surface area contributed by atoms with E-state index >= 15 is 0 Å². The molecule has 2 amide bonds. The van der Waals surface area contributed by atoms with E-state index in [1.54, 1.807) is 6.20 Å². The molecule has 6 nitrogen and oxygen atoms in total. The van der Waals surface area contributed by atoms with Crippen LogP contribution in [0.4, 0.5) is 11.5 Å². The molecule has 0 radical (unpaired) electrons. The fourth-order valence-corrected chi connectivity index (χ4v) is 4.51. The van der Waals surface area contributed by atoms with Crippen LogP contribution in [0.25, 0.3) is 11.1 Å². The summed E-state index contributed by atoms with van der Waals surface area (Å²) in [6.07, 6.45) is 3.39. The smallest absolute Gasteiger partial charge is 0.266 e. The zero-order valence-electron chi connectivity index (χ0n) is 16.8. The predicted octanol–water partition coefficient (Wildman–Crippen LogP) is 4.07. The third-order valence-electron chi connectivity index (χ3n) is 5.39. The van der Waals surface area contributed by atoms with Gasteiger partial charge in [0.05, 0.1) is 22.7 Å². The number of piperidine rings is 1. The van der Waals surface area contributed by atoms with Crippen LogP contribution >= 0.6 is 11.3 Å². The van der Waals surface area contributed by atoms with Crippen molar-refractivity contribution in [3.8, 4) is 11.1 Å². The molecule has 1 saturated heterocycles. The highest BCUT2D eigenvalue weighted by Gasteiger charge is 2.24. The van der Waals surface area contributed by atoms with Crippen molar-refractivity contribution in [3.05, 3.63) is 64.5 Å². The number of carbonyl (C=O) groups excluding carboxylic acids is 2. The number of hydrogen-bond acceptors (Lipinski definition) is 5. The molecule has 4 rings (SSSR count). The van der Waals surface area contributed by atoms with Crippen molar-refractivity contribution in [1.82, 2.24) is 4.98 Å². The average Bonchev–Trinajstić information content (AvgIpc) is 3.25. The summed E-state index contributed by atoms with van der Waals surface area (Å²) < 4.78 is 0. The zero-order chi connectivity index (χ0) is 21.1. The summed E-state index contributed by atoms with van der Waals surface area (Å²) in [5, 5.41) is 4.87. The predicted molar refractivity (Wildman–Crippen MR) is 121 cm³/mol. The number of amides is 2. The van der Waals surface area contributed by atoms with E-state index in [1.807, 2.05) is 54.8 Å². The van der Waals surface area contributed by atoms with Gasteiger partial charge in [0, 0.05) is 18.7 Å². The molecule has 1 aliphatic heterocycles. The summed E-state index contributed by atoms with van der Waals surface area (Å²) in [5.41, 5.74) is 9.23. The lowest BCUT2D eigenvalue weighted by atomic mass is 9.97. The van der Waals surface area contributed by atoms with Crippen LogP contribution in [0, 0.1) is 12.8 Å². The number of aryl methyl sites for hydroxylation is 1. The van der Waals surface area contributed by atoms with Gasteiger partial charge in [-0.2, -0.15) is 0 Å². The standard InChI is InChI=1S/C23H24N4O2S/c1-15-4-6-16(7-5-15)19-10-12-30-21(19)23(29)26-18-8-9-20(25-13-18)27-11-2-3-17(14-27)22(24)28/h4-10,12-13,17H,2-3,11,14H2,1H3,(H2,24,28)(H,26,29). The maximum Gasteiger partial charge on any atom is 0.266 e. The second-order valence-corrected chi connectivity index (χ2v) is 8.49. The van der Waals surface area contributed by atoms with E-state index in [0.29, 0.717) is 17.1 Å². The number of thiophene rings is 1. The van der Waals surface area contributed by atoms with Crippen molar-refractivity contribution in [3.63, 3.8) is 0 Å². The Morgan fingerprint density at radius 1 is 1.17 bits per heavy atom. The number of anilines is 2. The van der Waals surface area contributed by atoms with E-state index in [0.717, 1.165) is 36.3 Å². The first-order valence-corrected chi connectivity index (χ1v) is 10.9. The molecule has 1 unspecified atom stereocenters. The van der Waals surface area contributed by atoms with E-state index in [-0.39, 0.29) is 17.7 Å². The van der Waals surface area contributed by atoms with E-state index < -0.39 is 0 Å². The highest BCUT2D eigenvalue weighted by atomic mass is 32.1. The average molecular weight is 421 g/mol. The molecule has 1 atom stereocenters. The van der Waals surface area contributed by atoms with Gasteiger partial charge in [-0.05, 0) is 48.9 Å². The highest BCUT2D eigenvalue weighted by molar-refractivity contribution is 7.12. The van der Waals surface area contributed by atoms with Crippen molar-refractivity contribution in [2.24, 2.45) is 11.7 Å². The maximum absolute atomic E-state index is 12.9. The Balaban J connectivity index is 1.45. The van der Waals surface area contributed by atoms with Crippen LogP contribution < -0.4 is 16.0 Å². The number of aromatic nitrogens is 1. The number of nitrogens with one attached hydrogen (secondary N) is 1. The van der Waals surface area contributed by atoms with Gasteiger partial charge in [0.25, 0.3) is 5.91 Å². The quantitative estimate of drug-likeness (QED) is 0.651. The van der Waals surface area contributed by atoms with E-state index in [9.17, 15) is 9.59 Å². The normalized spacial score (nSPS) is 16.3. The van der Waals surface area contributed by atoms with Crippen LogP contribution in [0.15, 0.2) is 54.0 Å². The maximum atomic E-state index is 12.9. The van der Waals surface area contributed by atoms with Crippen molar-refractivity contribution >= 4 is 34.7 Å². The molecule has 3 N–H and O–H groups in total. The monoisotopic (exact) mass is 420 g/mol. The summed E-state index contributed by atoms with van der Waals surface area (Å²) in [7, 11) is 0. The fraction of sp³-hybridized carbons (Fsp3) is 0.261. The third-order valence-corrected chi connectivity index (χ3v) is 6.30. The van der Waals surface area contributed by atoms with Gasteiger partial charge in [-0.15, -0.1) is 11.3 Å². The Bertz CT molecular complexity index is 1040. The minimum absolute atomic E-state index is 0.140. The highest BCUT2D eigenvalue weighted by Crippen LogP contribution is 2.29. The molecule has 7 heteroatoms. The first kappa shape index (κ1) is 20.1. The second kappa shape index (κ2) is 8.67. The first-order valence-electron chi connectivity index (χ1n) is 9.97. The number of primary amides is 1. The van der Waals surface area contributed by atoms with E-state index in [2.05, 4.69) is 15.2 Å². The summed E-state index contributed by atoms with van der Waals surface area (Å²) in [4.78, 5) is 31.6. The van der Waals surface area contributed by atoms with Crippen molar-refractivity contribution < 1.29 is 9.59 Å². The summed E-state index contributed by atoms with van der Waals surface area (Å²) >= 11 is 1.42. The lowest BCUT2D eigenvalue weighted by Gasteiger charge is -2.32. The Morgan fingerprint density at radius 3 is 2.67 bits per heavy atom. The molecule has 3 aromatic rings. The SMILES string of the molecule is Cc1ccc(-c2ccsc2C(=O)Nc2ccc(N3CCCC(C(N)=O)C3)nc2)cc1. The molecule has 0 saturated carbocycles. The molecule has 0 spiro atoms. The minimum Gasteiger partial charge on any atom is -0.369 e. The van der Waals surface area contributed by atoms with Crippen LogP contribution in [-0.2, 0) is 4.79 Å². The Kier molecular flexibility index (Phi) is 5.81. The molecule has 2 aromatic heterocycles. The number of carbonyl (C=O) groups is 2. The van der Waals surface area contributed by atoms with Crippen LogP contribution in [-0.4, -0.2) is 29.9 Å². The lowest BCUT2D eigenvalue weighted by molar-refractivity contribution is -0.122. The van der Waals surface area contributed by atoms with Crippen LogP contribution in [0.3, 0.4) is 0 Å². The van der Waals surface area contributed by atoms with Crippen LogP contribution in [0.5, 0.6) is 0 Å². The zero-order valence-corrected chi connectivity index (χ0v) is 17.6. The lowest BCUT2D eigenvalue weighted by Crippen LogP contribution is -2.41. The van der Waals surface area contributed by atoms with E-state index in [4.69, 9.17) is 5.73 Å². The summed E-state index contributed by atoms with van der Waals surface area (Å²) in [6.45, 7) is 3.47.